The first kappa shape index (κ1) is 15.3. The van der Waals surface area contributed by atoms with Gasteiger partial charge in [0.2, 0.25) is 5.91 Å². The smallest absolute Gasteiger partial charge is 0.304 e. The van der Waals surface area contributed by atoms with Gasteiger partial charge in [-0.25, -0.2) is 0 Å². The Bertz CT molecular complexity index is 354. The number of nitrogens with two attached hydrogens (primary N) is 1. The second-order valence-corrected chi connectivity index (χ2v) is 5.93. The highest BCUT2D eigenvalue weighted by Crippen LogP contribution is 2.25. The lowest BCUT2D eigenvalue weighted by atomic mass is 9.85. The van der Waals surface area contributed by atoms with Crippen molar-refractivity contribution < 1.29 is 14.7 Å². The van der Waals surface area contributed by atoms with E-state index in [4.69, 9.17) is 10.8 Å². The van der Waals surface area contributed by atoms with Gasteiger partial charge in [-0.05, 0) is 19.3 Å². The van der Waals surface area contributed by atoms with E-state index in [2.05, 4.69) is 4.90 Å². The molecule has 2 fully saturated rings. The van der Waals surface area contributed by atoms with E-state index < -0.39 is 5.97 Å². The van der Waals surface area contributed by atoms with Crippen LogP contribution in [-0.2, 0) is 9.59 Å². The molecule has 3 N–H and O–H groups in total. The molecule has 1 saturated heterocycles. The molecule has 114 valence electrons. The van der Waals surface area contributed by atoms with Crippen LogP contribution in [0.25, 0.3) is 0 Å². The standard InChI is InChI=1S/C14H25N3O3/c15-12-3-1-2-11(10-12)14(20)17-8-6-16(7-9-17)5-4-13(18)19/h11-12H,1-10,15H2,(H,18,19). The fraction of sp³-hybridized carbons (Fsp3) is 0.857. The predicted octanol–water partition coefficient (Wildman–Crippen LogP) is 0.123. The lowest BCUT2D eigenvalue weighted by Crippen LogP contribution is -2.51. The van der Waals surface area contributed by atoms with E-state index in [-0.39, 0.29) is 24.3 Å². The summed E-state index contributed by atoms with van der Waals surface area (Å²) in [6.07, 6.45) is 4.04. The molecule has 0 bridgehead atoms. The molecule has 0 spiro atoms. The van der Waals surface area contributed by atoms with Crippen molar-refractivity contribution in [1.29, 1.82) is 0 Å². The van der Waals surface area contributed by atoms with Crippen LogP contribution in [-0.4, -0.2) is 65.5 Å². The number of aliphatic carboxylic acids is 1. The number of carbonyl (C=O) groups is 2. The minimum Gasteiger partial charge on any atom is -0.481 e. The molecule has 2 aliphatic rings. The van der Waals surface area contributed by atoms with Gasteiger partial charge < -0.3 is 15.7 Å². The number of carbonyl (C=O) groups excluding carboxylic acids is 1. The van der Waals surface area contributed by atoms with Crippen LogP contribution in [0.3, 0.4) is 0 Å². The van der Waals surface area contributed by atoms with Gasteiger partial charge in [-0.2, -0.15) is 0 Å². The van der Waals surface area contributed by atoms with E-state index in [1.807, 2.05) is 4.90 Å². The van der Waals surface area contributed by atoms with E-state index in [0.717, 1.165) is 38.8 Å². The number of hydrogen-bond acceptors (Lipinski definition) is 4. The summed E-state index contributed by atoms with van der Waals surface area (Å²) in [7, 11) is 0. The maximum Gasteiger partial charge on any atom is 0.304 e. The fourth-order valence-corrected chi connectivity index (χ4v) is 3.16. The van der Waals surface area contributed by atoms with E-state index >= 15 is 0 Å². The Morgan fingerprint density at radius 1 is 1.15 bits per heavy atom. The van der Waals surface area contributed by atoms with Crippen LogP contribution < -0.4 is 5.73 Å². The largest absolute Gasteiger partial charge is 0.481 e. The highest BCUT2D eigenvalue weighted by Gasteiger charge is 2.30. The maximum atomic E-state index is 12.4. The normalized spacial score (nSPS) is 28.4. The van der Waals surface area contributed by atoms with Crippen LogP contribution in [0.2, 0.25) is 0 Å². The number of nitrogens with zero attached hydrogens (tertiary/aromatic N) is 2. The fourth-order valence-electron chi connectivity index (χ4n) is 3.16. The number of carboxylic acid groups (broad SMARTS) is 1. The van der Waals surface area contributed by atoms with Gasteiger partial charge in [0.25, 0.3) is 0 Å². The van der Waals surface area contributed by atoms with Crippen LogP contribution in [0.1, 0.15) is 32.1 Å². The highest BCUT2D eigenvalue weighted by molar-refractivity contribution is 5.79. The van der Waals surface area contributed by atoms with Crippen LogP contribution in [0.15, 0.2) is 0 Å². The van der Waals surface area contributed by atoms with Crippen LogP contribution >= 0.6 is 0 Å². The monoisotopic (exact) mass is 283 g/mol. The van der Waals surface area contributed by atoms with E-state index in [1.54, 1.807) is 0 Å². The summed E-state index contributed by atoms with van der Waals surface area (Å²) in [5.41, 5.74) is 5.95. The molecule has 2 rings (SSSR count). The van der Waals surface area contributed by atoms with E-state index in [9.17, 15) is 9.59 Å². The first-order valence-electron chi connectivity index (χ1n) is 7.55. The summed E-state index contributed by atoms with van der Waals surface area (Å²) < 4.78 is 0. The molecule has 2 unspecified atom stereocenters. The molecule has 1 amide bonds. The molecule has 20 heavy (non-hydrogen) atoms. The molecule has 0 aromatic carbocycles. The molecule has 6 heteroatoms. The molecule has 0 radical (unpaired) electrons. The number of piperazine rings is 1. The summed E-state index contributed by atoms with van der Waals surface area (Å²) in [4.78, 5) is 27.0. The lowest BCUT2D eigenvalue weighted by molar-refractivity contribution is -0.140. The molecule has 0 aromatic rings. The van der Waals surface area contributed by atoms with Crippen molar-refractivity contribution in [3.8, 4) is 0 Å². The number of amides is 1. The van der Waals surface area contributed by atoms with E-state index in [1.165, 1.54) is 0 Å². The van der Waals surface area contributed by atoms with Crippen LogP contribution in [0.4, 0.5) is 0 Å². The molecule has 2 atom stereocenters. The first-order valence-corrected chi connectivity index (χ1v) is 7.55. The quantitative estimate of drug-likeness (QED) is 0.765. The Morgan fingerprint density at radius 3 is 2.45 bits per heavy atom. The SMILES string of the molecule is NC1CCCC(C(=O)N2CCN(CCC(=O)O)CC2)C1. The summed E-state index contributed by atoms with van der Waals surface area (Å²) in [5, 5.41) is 8.68. The van der Waals surface area contributed by atoms with Gasteiger partial charge in [0.05, 0.1) is 6.42 Å². The molecule has 6 nitrogen and oxygen atoms in total. The Labute approximate surface area is 119 Å². The average Bonchev–Trinajstić information content (AvgIpc) is 2.45. The highest BCUT2D eigenvalue weighted by atomic mass is 16.4. The molecule has 0 aromatic heterocycles. The summed E-state index contributed by atoms with van der Waals surface area (Å²) in [6.45, 7) is 3.55. The second-order valence-electron chi connectivity index (χ2n) is 5.93. The number of hydrogen-bond donors (Lipinski definition) is 2. The molecule has 1 saturated carbocycles. The van der Waals surface area contributed by atoms with Gasteiger partial charge in [-0.15, -0.1) is 0 Å². The third kappa shape index (κ3) is 4.18. The van der Waals surface area contributed by atoms with Gasteiger partial charge in [-0.3, -0.25) is 14.5 Å². The van der Waals surface area contributed by atoms with Gasteiger partial charge >= 0.3 is 5.97 Å². The number of carboxylic acids is 1. The zero-order valence-electron chi connectivity index (χ0n) is 12.0. The van der Waals surface area contributed by atoms with Crippen molar-refractivity contribution in [1.82, 2.24) is 9.80 Å². The van der Waals surface area contributed by atoms with Crippen LogP contribution in [0, 0.1) is 5.92 Å². The third-order valence-electron chi connectivity index (χ3n) is 4.39. The zero-order chi connectivity index (χ0) is 14.5. The molecule has 1 heterocycles. The van der Waals surface area contributed by atoms with Crippen LogP contribution in [0.5, 0.6) is 0 Å². The number of rotatable bonds is 4. The lowest BCUT2D eigenvalue weighted by Gasteiger charge is -2.37. The van der Waals surface area contributed by atoms with Gasteiger partial charge in [0.15, 0.2) is 0 Å². The Kier molecular flexibility index (Phi) is 5.37. The molecule has 1 aliphatic heterocycles. The minimum atomic E-state index is -0.764. The maximum absolute atomic E-state index is 12.4. The zero-order valence-corrected chi connectivity index (χ0v) is 12.0. The van der Waals surface area contributed by atoms with Crippen molar-refractivity contribution in [2.45, 2.75) is 38.1 Å². The van der Waals surface area contributed by atoms with Gasteiger partial charge in [0, 0.05) is 44.7 Å². The third-order valence-corrected chi connectivity index (χ3v) is 4.39. The summed E-state index contributed by atoms with van der Waals surface area (Å²) in [5.74, 6) is -0.415. The molecular weight excluding hydrogens is 258 g/mol. The average molecular weight is 283 g/mol. The van der Waals surface area contributed by atoms with Crippen molar-refractivity contribution in [3.05, 3.63) is 0 Å². The second kappa shape index (κ2) is 7.04. The van der Waals surface area contributed by atoms with Crippen molar-refractivity contribution in [2.24, 2.45) is 11.7 Å². The van der Waals surface area contributed by atoms with Crippen molar-refractivity contribution in [2.75, 3.05) is 32.7 Å². The summed E-state index contributed by atoms with van der Waals surface area (Å²) in [6, 6.07) is 0.176. The minimum absolute atomic E-state index is 0.101. The van der Waals surface area contributed by atoms with Gasteiger partial charge in [0.1, 0.15) is 0 Å². The van der Waals surface area contributed by atoms with Gasteiger partial charge in [-0.1, -0.05) is 6.42 Å². The Hall–Kier alpha value is -1.14. The van der Waals surface area contributed by atoms with Crippen molar-refractivity contribution >= 4 is 11.9 Å². The topological polar surface area (TPSA) is 86.9 Å². The Balaban J connectivity index is 1.75. The molecular formula is C14H25N3O3. The predicted molar refractivity (Wildman–Crippen MR) is 75.2 cm³/mol. The molecule has 1 aliphatic carbocycles. The van der Waals surface area contributed by atoms with E-state index in [0.29, 0.717) is 19.6 Å². The first-order chi connectivity index (χ1) is 9.56. The summed E-state index contributed by atoms with van der Waals surface area (Å²) >= 11 is 0. The van der Waals surface area contributed by atoms with Crippen molar-refractivity contribution in [3.63, 3.8) is 0 Å². The Morgan fingerprint density at radius 2 is 1.85 bits per heavy atom.